The number of fused-ring (bicyclic) bond motifs is 1. The summed E-state index contributed by atoms with van der Waals surface area (Å²) in [4.78, 5) is 24.0. The number of carbonyl (C=O) groups is 2. The van der Waals surface area contributed by atoms with Crippen molar-refractivity contribution in [1.82, 2.24) is 5.32 Å². The van der Waals surface area contributed by atoms with Gasteiger partial charge in [0.05, 0.1) is 12.2 Å². The number of hydrogen-bond donors (Lipinski definition) is 2. The molecule has 2 N–H and O–H groups in total. The van der Waals surface area contributed by atoms with Gasteiger partial charge in [-0.1, -0.05) is 36.4 Å². The molecule has 0 fully saturated rings. The van der Waals surface area contributed by atoms with Gasteiger partial charge in [0.1, 0.15) is 0 Å². The Morgan fingerprint density at radius 3 is 2.65 bits per heavy atom. The van der Waals surface area contributed by atoms with Crippen molar-refractivity contribution >= 4 is 11.9 Å². The van der Waals surface area contributed by atoms with E-state index in [1.165, 1.54) is 11.1 Å². The van der Waals surface area contributed by atoms with E-state index in [9.17, 15) is 9.59 Å². The Kier molecular flexibility index (Phi) is 6.02. The zero-order chi connectivity index (χ0) is 18.4. The second-order valence-electron chi connectivity index (χ2n) is 6.52. The molecular formula is C21H23NO4. The maximum Gasteiger partial charge on any atom is 0.338 e. The average Bonchev–Trinajstić information content (AvgIpc) is 2.70. The number of amides is 1. The van der Waals surface area contributed by atoms with Gasteiger partial charge in [0.25, 0.3) is 5.91 Å². The number of aryl methyl sites for hydroxylation is 1. The molecule has 0 bridgehead atoms. The minimum Gasteiger partial charge on any atom is -0.452 e. The largest absolute Gasteiger partial charge is 0.452 e. The molecule has 2 aromatic rings. The van der Waals surface area contributed by atoms with Gasteiger partial charge < -0.3 is 15.2 Å². The van der Waals surface area contributed by atoms with Crippen LogP contribution in [-0.4, -0.2) is 30.1 Å². The summed E-state index contributed by atoms with van der Waals surface area (Å²) in [5.74, 6) is -0.535. The predicted molar refractivity (Wildman–Crippen MR) is 97.8 cm³/mol. The lowest BCUT2D eigenvalue weighted by atomic mass is 9.83. The second-order valence-corrected chi connectivity index (χ2v) is 6.52. The Balaban J connectivity index is 1.46. The fourth-order valence-electron chi connectivity index (χ4n) is 3.32. The van der Waals surface area contributed by atoms with Gasteiger partial charge in [0, 0.05) is 12.5 Å². The first kappa shape index (κ1) is 18.1. The normalized spacial score (nSPS) is 15.8. The van der Waals surface area contributed by atoms with Crippen molar-refractivity contribution in [3.63, 3.8) is 0 Å². The van der Waals surface area contributed by atoms with E-state index in [2.05, 4.69) is 17.4 Å². The number of ether oxygens (including phenoxy) is 1. The molecule has 0 radical (unpaired) electrons. The van der Waals surface area contributed by atoms with Crippen molar-refractivity contribution in [3.05, 3.63) is 70.8 Å². The average molecular weight is 353 g/mol. The van der Waals surface area contributed by atoms with Crippen LogP contribution < -0.4 is 5.32 Å². The molecule has 1 amide bonds. The third kappa shape index (κ3) is 4.49. The fraction of sp³-hybridized carbons (Fsp3) is 0.333. The van der Waals surface area contributed by atoms with E-state index in [-0.39, 0.29) is 19.1 Å². The molecule has 26 heavy (non-hydrogen) atoms. The van der Waals surface area contributed by atoms with E-state index < -0.39 is 5.97 Å². The first-order valence-corrected chi connectivity index (χ1v) is 8.89. The number of hydrogen-bond acceptors (Lipinski definition) is 4. The molecule has 5 heteroatoms. The highest BCUT2D eigenvalue weighted by molar-refractivity contribution is 5.91. The summed E-state index contributed by atoms with van der Waals surface area (Å²) >= 11 is 0. The summed E-state index contributed by atoms with van der Waals surface area (Å²) in [7, 11) is 0. The van der Waals surface area contributed by atoms with E-state index >= 15 is 0 Å². The highest BCUT2D eigenvalue weighted by Gasteiger charge is 2.20. The van der Waals surface area contributed by atoms with Gasteiger partial charge in [-0.3, -0.25) is 4.79 Å². The molecule has 3 rings (SSSR count). The van der Waals surface area contributed by atoms with Gasteiger partial charge >= 0.3 is 5.97 Å². The lowest BCUT2D eigenvalue weighted by Gasteiger charge is -2.25. The minimum absolute atomic E-state index is 0.0813. The quantitative estimate of drug-likeness (QED) is 0.783. The molecule has 0 saturated heterocycles. The molecule has 0 saturated carbocycles. The van der Waals surface area contributed by atoms with Gasteiger partial charge in [-0.05, 0) is 48.1 Å². The maximum atomic E-state index is 12.0. The number of aliphatic hydroxyl groups is 1. The van der Waals surface area contributed by atoms with Crippen LogP contribution in [-0.2, 0) is 22.6 Å². The predicted octanol–water partition coefficient (Wildman–Crippen LogP) is 2.57. The van der Waals surface area contributed by atoms with E-state index in [1.54, 1.807) is 24.3 Å². The van der Waals surface area contributed by atoms with Crippen molar-refractivity contribution in [3.8, 4) is 0 Å². The van der Waals surface area contributed by atoms with E-state index in [4.69, 9.17) is 9.84 Å². The van der Waals surface area contributed by atoms with Crippen molar-refractivity contribution in [2.24, 2.45) is 0 Å². The number of carbonyl (C=O) groups excluding carboxylic acids is 2. The Morgan fingerprint density at radius 2 is 1.88 bits per heavy atom. The third-order valence-electron chi connectivity index (χ3n) is 4.75. The molecule has 0 heterocycles. The van der Waals surface area contributed by atoms with Gasteiger partial charge in [-0.2, -0.15) is 0 Å². The first-order valence-electron chi connectivity index (χ1n) is 8.89. The van der Waals surface area contributed by atoms with Crippen molar-refractivity contribution < 1.29 is 19.4 Å². The van der Waals surface area contributed by atoms with Crippen LogP contribution in [0.1, 0.15) is 45.8 Å². The van der Waals surface area contributed by atoms with Crippen LogP contribution in [0.2, 0.25) is 0 Å². The Hall–Kier alpha value is -2.66. The monoisotopic (exact) mass is 353 g/mol. The van der Waals surface area contributed by atoms with Crippen LogP contribution in [0.5, 0.6) is 0 Å². The van der Waals surface area contributed by atoms with Crippen molar-refractivity contribution in [2.75, 3.05) is 13.2 Å². The standard InChI is InChI=1S/C21H23NO4/c23-13-15-8-10-17(11-9-15)21(25)26-14-20(24)22-12-18-6-3-5-16-4-1-2-7-19(16)18/h1-2,4,7-11,18,23H,3,5-6,12-14H2,(H,22,24)/t18-/m0/s1. The molecular weight excluding hydrogens is 330 g/mol. The Morgan fingerprint density at radius 1 is 1.12 bits per heavy atom. The van der Waals surface area contributed by atoms with Gasteiger partial charge in [0.2, 0.25) is 0 Å². The highest BCUT2D eigenvalue weighted by atomic mass is 16.5. The highest BCUT2D eigenvalue weighted by Crippen LogP contribution is 2.30. The molecule has 136 valence electrons. The summed E-state index contributed by atoms with van der Waals surface area (Å²) in [6, 6.07) is 14.8. The zero-order valence-corrected chi connectivity index (χ0v) is 14.6. The molecule has 1 aliphatic carbocycles. The van der Waals surface area contributed by atoms with Crippen LogP contribution in [0.25, 0.3) is 0 Å². The lowest BCUT2D eigenvalue weighted by Crippen LogP contribution is -2.33. The molecule has 1 atom stereocenters. The van der Waals surface area contributed by atoms with Crippen molar-refractivity contribution in [2.45, 2.75) is 31.8 Å². The number of aliphatic hydroxyl groups excluding tert-OH is 1. The zero-order valence-electron chi connectivity index (χ0n) is 14.6. The summed E-state index contributed by atoms with van der Waals surface area (Å²) in [5.41, 5.74) is 3.74. The van der Waals surface area contributed by atoms with Gasteiger partial charge in [-0.25, -0.2) is 4.79 Å². The SMILES string of the molecule is O=C(COC(=O)c1ccc(CO)cc1)NC[C@@H]1CCCc2ccccc21. The van der Waals surface area contributed by atoms with E-state index in [0.717, 1.165) is 19.3 Å². The molecule has 0 aliphatic heterocycles. The molecule has 2 aromatic carbocycles. The van der Waals surface area contributed by atoms with Gasteiger partial charge in [-0.15, -0.1) is 0 Å². The number of rotatable bonds is 6. The van der Waals surface area contributed by atoms with E-state index in [0.29, 0.717) is 23.6 Å². The number of nitrogens with one attached hydrogen (secondary N) is 1. The molecule has 0 aromatic heterocycles. The summed E-state index contributed by atoms with van der Waals surface area (Å²) in [5, 5.41) is 11.9. The second kappa shape index (κ2) is 8.63. The number of benzene rings is 2. The lowest BCUT2D eigenvalue weighted by molar-refractivity contribution is -0.124. The first-order chi connectivity index (χ1) is 12.7. The summed E-state index contributed by atoms with van der Waals surface area (Å²) in [6.07, 6.45) is 3.26. The topological polar surface area (TPSA) is 75.6 Å². The van der Waals surface area contributed by atoms with Crippen LogP contribution >= 0.6 is 0 Å². The fourth-order valence-corrected chi connectivity index (χ4v) is 3.32. The Bertz CT molecular complexity index is 770. The van der Waals surface area contributed by atoms with Crippen LogP contribution in [0, 0.1) is 0 Å². The third-order valence-corrected chi connectivity index (χ3v) is 4.75. The van der Waals surface area contributed by atoms with Crippen LogP contribution in [0.15, 0.2) is 48.5 Å². The minimum atomic E-state index is -0.548. The number of esters is 1. The maximum absolute atomic E-state index is 12.0. The van der Waals surface area contributed by atoms with Gasteiger partial charge in [0.15, 0.2) is 6.61 Å². The molecule has 0 unspecified atom stereocenters. The summed E-state index contributed by atoms with van der Waals surface area (Å²) < 4.78 is 5.06. The van der Waals surface area contributed by atoms with Crippen LogP contribution in [0.4, 0.5) is 0 Å². The summed E-state index contributed by atoms with van der Waals surface area (Å²) in [6.45, 7) is 0.176. The van der Waals surface area contributed by atoms with Crippen LogP contribution in [0.3, 0.4) is 0 Å². The Labute approximate surface area is 153 Å². The molecule has 1 aliphatic rings. The van der Waals surface area contributed by atoms with Crippen molar-refractivity contribution in [1.29, 1.82) is 0 Å². The van der Waals surface area contributed by atoms with E-state index in [1.807, 2.05) is 12.1 Å². The molecule has 5 nitrogen and oxygen atoms in total. The smallest absolute Gasteiger partial charge is 0.338 e. The molecule has 0 spiro atoms.